The summed E-state index contributed by atoms with van der Waals surface area (Å²) in [4.78, 5) is 2.44. The van der Waals surface area contributed by atoms with Crippen LogP contribution in [0.25, 0.3) is 0 Å². The zero-order valence-corrected chi connectivity index (χ0v) is 6.02. The molecule has 1 saturated carbocycles. The summed E-state index contributed by atoms with van der Waals surface area (Å²) in [6.07, 6.45) is 2.85. The minimum Gasteiger partial charge on any atom is -0.301 e. The largest absolute Gasteiger partial charge is 0.301 e. The van der Waals surface area contributed by atoms with Crippen LogP contribution in [0.1, 0.15) is 26.7 Å². The molecule has 8 heavy (non-hydrogen) atoms. The molecular weight excluding hydrogens is 98.1 g/mol. The Morgan fingerprint density at radius 3 is 2.00 bits per heavy atom. The lowest BCUT2D eigenvalue weighted by atomic mass is 10.3. The van der Waals surface area contributed by atoms with Gasteiger partial charge >= 0.3 is 0 Å². The van der Waals surface area contributed by atoms with E-state index in [1.165, 1.54) is 12.8 Å². The van der Waals surface area contributed by atoms with E-state index in [-0.39, 0.29) is 0 Å². The smallest absolute Gasteiger partial charge is 0.00960 e. The first-order chi connectivity index (χ1) is 3.72. The van der Waals surface area contributed by atoms with Crippen molar-refractivity contribution in [3.63, 3.8) is 0 Å². The van der Waals surface area contributed by atoms with Gasteiger partial charge in [0.1, 0.15) is 0 Å². The molecule has 1 aliphatic rings. The molecule has 48 valence electrons. The van der Waals surface area contributed by atoms with E-state index in [0.717, 1.165) is 12.1 Å². The summed E-state index contributed by atoms with van der Waals surface area (Å²) in [7, 11) is 2.21. The molecular formula is C7H15N. The van der Waals surface area contributed by atoms with Gasteiger partial charge in [0.15, 0.2) is 0 Å². The molecule has 1 nitrogen and oxygen atoms in total. The second-order valence-electron chi connectivity index (χ2n) is 2.99. The Kier molecular flexibility index (Phi) is 1.57. The molecule has 1 heteroatoms. The van der Waals surface area contributed by atoms with Crippen molar-refractivity contribution in [3.05, 3.63) is 0 Å². The Morgan fingerprint density at radius 1 is 1.38 bits per heavy atom. The van der Waals surface area contributed by atoms with E-state index in [1.807, 2.05) is 0 Å². The van der Waals surface area contributed by atoms with Gasteiger partial charge < -0.3 is 4.90 Å². The Labute approximate surface area is 51.7 Å². The minimum atomic E-state index is 0.738. The van der Waals surface area contributed by atoms with Crippen molar-refractivity contribution in [2.45, 2.75) is 38.8 Å². The number of rotatable bonds is 2. The van der Waals surface area contributed by atoms with Gasteiger partial charge in [-0.3, -0.25) is 0 Å². The molecule has 0 bridgehead atoms. The highest BCUT2D eigenvalue weighted by molar-refractivity contribution is 4.83. The highest BCUT2D eigenvalue weighted by atomic mass is 15.2. The van der Waals surface area contributed by atoms with Crippen LogP contribution in [-0.4, -0.2) is 24.0 Å². The van der Waals surface area contributed by atoms with Crippen LogP contribution in [0, 0.1) is 0 Å². The maximum absolute atomic E-state index is 2.44. The predicted octanol–water partition coefficient (Wildman–Crippen LogP) is 1.49. The average Bonchev–Trinajstić information content (AvgIpc) is 2.43. The standard InChI is InChI=1S/C7H15N/c1-6(2)8(3)7-4-5-7/h6-7H,4-5H2,1-3H3. The van der Waals surface area contributed by atoms with Crippen LogP contribution < -0.4 is 0 Å². The van der Waals surface area contributed by atoms with Crippen LogP contribution in [-0.2, 0) is 0 Å². The van der Waals surface area contributed by atoms with E-state index < -0.39 is 0 Å². The monoisotopic (exact) mass is 113 g/mol. The quantitative estimate of drug-likeness (QED) is 0.524. The first kappa shape index (κ1) is 6.09. The van der Waals surface area contributed by atoms with Crippen LogP contribution in [0.15, 0.2) is 0 Å². The molecule has 0 aromatic heterocycles. The van der Waals surface area contributed by atoms with Crippen molar-refractivity contribution >= 4 is 0 Å². The van der Waals surface area contributed by atoms with E-state index in [4.69, 9.17) is 0 Å². The third-order valence-corrected chi connectivity index (χ3v) is 1.94. The molecule has 0 atom stereocenters. The zero-order chi connectivity index (χ0) is 6.15. The average molecular weight is 113 g/mol. The maximum atomic E-state index is 2.44. The second kappa shape index (κ2) is 2.06. The van der Waals surface area contributed by atoms with Gasteiger partial charge in [0.05, 0.1) is 0 Å². The molecule has 0 radical (unpaired) electrons. The maximum Gasteiger partial charge on any atom is 0.00960 e. The van der Waals surface area contributed by atoms with Gasteiger partial charge in [-0.2, -0.15) is 0 Å². The molecule has 0 aliphatic heterocycles. The second-order valence-corrected chi connectivity index (χ2v) is 2.99. The van der Waals surface area contributed by atoms with E-state index >= 15 is 0 Å². The first-order valence-electron chi connectivity index (χ1n) is 3.43. The number of hydrogen-bond acceptors (Lipinski definition) is 1. The van der Waals surface area contributed by atoms with Gasteiger partial charge in [-0.15, -0.1) is 0 Å². The van der Waals surface area contributed by atoms with Gasteiger partial charge in [0.25, 0.3) is 0 Å². The summed E-state index contributed by atoms with van der Waals surface area (Å²) >= 11 is 0. The van der Waals surface area contributed by atoms with Crippen molar-refractivity contribution in [3.8, 4) is 0 Å². The minimum absolute atomic E-state index is 0.738. The molecule has 0 N–H and O–H groups in total. The van der Waals surface area contributed by atoms with Gasteiger partial charge in [0.2, 0.25) is 0 Å². The molecule has 0 amide bonds. The lowest BCUT2D eigenvalue weighted by Gasteiger charge is -2.19. The van der Waals surface area contributed by atoms with Gasteiger partial charge in [-0.05, 0) is 33.7 Å². The summed E-state index contributed by atoms with van der Waals surface area (Å²) < 4.78 is 0. The Morgan fingerprint density at radius 2 is 1.88 bits per heavy atom. The third-order valence-electron chi connectivity index (χ3n) is 1.94. The van der Waals surface area contributed by atoms with Crippen molar-refractivity contribution in [1.82, 2.24) is 4.90 Å². The first-order valence-corrected chi connectivity index (χ1v) is 3.43. The van der Waals surface area contributed by atoms with E-state index in [1.54, 1.807) is 0 Å². The molecule has 0 aromatic rings. The fourth-order valence-corrected chi connectivity index (χ4v) is 0.903. The molecule has 0 saturated heterocycles. The van der Waals surface area contributed by atoms with Crippen molar-refractivity contribution in [2.75, 3.05) is 7.05 Å². The van der Waals surface area contributed by atoms with Gasteiger partial charge in [0, 0.05) is 12.1 Å². The molecule has 1 fully saturated rings. The Bertz CT molecular complexity index is 72.5. The molecule has 0 heterocycles. The summed E-state index contributed by atoms with van der Waals surface area (Å²) in [5.74, 6) is 0. The molecule has 1 aliphatic carbocycles. The van der Waals surface area contributed by atoms with Crippen LogP contribution in [0.4, 0.5) is 0 Å². The highest BCUT2D eigenvalue weighted by Gasteiger charge is 2.27. The van der Waals surface area contributed by atoms with E-state index in [2.05, 4.69) is 25.8 Å². The SMILES string of the molecule is CC(C)N(C)C1CC1. The van der Waals surface area contributed by atoms with Crippen LogP contribution in [0.3, 0.4) is 0 Å². The summed E-state index contributed by atoms with van der Waals surface area (Å²) in [5, 5.41) is 0. The summed E-state index contributed by atoms with van der Waals surface area (Å²) in [5.41, 5.74) is 0. The van der Waals surface area contributed by atoms with E-state index in [9.17, 15) is 0 Å². The molecule has 0 spiro atoms. The molecule has 0 aromatic carbocycles. The fraction of sp³-hybridized carbons (Fsp3) is 1.00. The Balaban J connectivity index is 2.22. The lowest BCUT2D eigenvalue weighted by Crippen LogP contribution is -2.28. The van der Waals surface area contributed by atoms with Gasteiger partial charge in [-0.1, -0.05) is 0 Å². The van der Waals surface area contributed by atoms with Crippen molar-refractivity contribution in [1.29, 1.82) is 0 Å². The van der Waals surface area contributed by atoms with Crippen molar-refractivity contribution in [2.24, 2.45) is 0 Å². The molecule has 1 rings (SSSR count). The van der Waals surface area contributed by atoms with Crippen LogP contribution in [0.2, 0.25) is 0 Å². The fourth-order valence-electron chi connectivity index (χ4n) is 0.903. The lowest BCUT2D eigenvalue weighted by molar-refractivity contribution is 0.264. The number of hydrogen-bond donors (Lipinski definition) is 0. The van der Waals surface area contributed by atoms with Crippen LogP contribution >= 0.6 is 0 Å². The Hall–Kier alpha value is -0.0400. The van der Waals surface area contributed by atoms with Gasteiger partial charge in [-0.25, -0.2) is 0 Å². The predicted molar refractivity (Wildman–Crippen MR) is 35.9 cm³/mol. The normalized spacial score (nSPS) is 20.6. The summed E-state index contributed by atoms with van der Waals surface area (Å²) in [6.45, 7) is 4.50. The topological polar surface area (TPSA) is 3.24 Å². The van der Waals surface area contributed by atoms with Crippen molar-refractivity contribution < 1.29 is 0 Å². The molecule has 0 unspecified atom stereocenters. The third kappa shape index (κ3) is 1.22. The van der Waals surface area contributed by atoms with Crippen LogP contribution in [0.5, 0.6) is 0 Å². The number of nitrogens with zero attached hydrogens (tertiary/aromatic N) is 1. The van der Waals surface area contributed by atoms with E-state index in [0.29, 0.717) is 0 Å². The summed E-state index contributed by atoms with van der Waals surface area (Å²) in [6, 6.07) is 1.66. The zero-order valence-electron chi connectivity index (χ0n) is 6.02. The highest BCUT2D eigenvalue weighted by Crippen LogP contribution is 2.26.